The molecular formula is C14H26O8. The van der Waals surface area contributed by atoms with Crippen molar-refractivity contribution in [3.8, 4) is 0 Å². The molecule has 0 aromatic carbocycles. The third-order valence-corrected chi connectivity index (χ3v) is 3.71. The first-order valence-corrected chi connectivity index (χ1v) is 7.58. The highest BCUT2D eigenvalue weighted by atomic mass is 16.7. The summed E-state index contributed by atoms with van der Waals surface area (Å²) < 4.78 is 10.7. The zero-order valence-electron chi connectivity index (χ0n) is 12.7. The number of carboxylic acid groups (broad SMARTS) is 1. The van der Waals surface area contributed by atoms with E-state index in [1.54, 1.807) is 0 Å². The molecule has 8 nitrogen and oxygen atoms in total. The highest BCUT2D eigenvalue weighted by Crippen LogP contribution is 2.24. The number of carboxylic acids is 1. The monoisotopic (exact) mass is 322 g/mol. The van der Waals surface area contributed by atoms with Crippen LogP contribution in [0.25, 0.3) is 0 Å². The summed E-state index contributed by atoms with van der Waals surface area (Å²) in [5.41, 5.74) is 0. The predicted octanol–water partition coefficient (Wildman–Crippen LogP) is -0.773. The summed E-state index contributed by atoms with van der Waals surface area (Å²) in [6, 6.07) is 0. The van der Waals surface area contributed by atoms with Crippen molar-refractivity contribution in [3.63, 3.8) is 0 Å². The predicted molar refractivity (Wildman–Crippen MR) is 75.0 cm³/mol. The first-order valence-electron chi connectivity index (χ1n) is 7.58. The van der Waals surface area contributed by atoms with Gasteiger partial charge >= 0.3 is 5.97 Å². The minimum atomic E-state index is -1.53. The zero-order chi connectivity index (χ0) is 16.7. The Morgan fingerprint density at radius 2 is 1.86 bits per heavy atom. The van der Waals surface area contributed by atoms with Gasteiger partial charge in [0.05, 0.1) is 19.1 Å². The van der Waals surface area contributed by atoms with Crippen LogP contribution < -0.4 is 0 Å². The number of hydrogen-bond donors (Lipinski definition) is 5. The summed E-state index contributed by atoms with van der Waals surface area (Å²) in [5.74, 6) is -1.04. The van der Waals surface area contributed by atoms with Gasteiger partial charge in [-0.05, 0) is 6.42 Å². The molecule has 0 amide bonds. The second-order valence-electron chi connectivity index (χ2n) is 5.55. The number of carbonyl (C=O) groups is 1. The SMILES string of the molecule is CCCCC[C@H](CC(=O)O)O[C@@H]1O[C@H](CO)[C@@H](O)[C@H](O)[C@H]1O. The number of aliphatic hydroxyl groups excluding tert-OH is 4. The summed E-state index contributed by atoms with van der Waals surface area (Å²) in [5, 5.41) is 47.3. The molecule has 0 aliphatic carbocycles. The van der Waals surface area contributed by atoms with Gasteiger partial charge in [0.15, 0.2) is 6.29 Å². The van der Waals surface area contributed by atoms with Crippen molar-refractivity contribution in [2.24, 2.45) is 0 Å². The lowest BCUT2D eigenvalue weighted by Gasteiger charge is -2.40. The molecule has 22 heavy (non-hydrogen) atoms. The van der Waals surface area contributed by atoms with E-state index in [4.69, 9.17) is 19.7 Å². The van der Waals surface area contributed by atoms with E-state index in [1.165, 1.54) is 0 Å². The number of aliphatic carboxylic acids is 1. The maximum Gasteiger partial charge on any atom is 0.305 e. The van der Waals surface area contributed by atoms with Crippen LogP contribution in [0, 0.1) is 0 Å². The van der Waals surface area contributed by atoms with Crippen LogP contribution in [0.1, 0.15) is 39.0 Å². The molecule has 5 N–H and O–H groups in total. The van der Waals surface area contributed by atoms with Crippen molar-refractivity contribution in [1.29, 1.82) is 0 Å². The molecule has 0 aromatic heterocycles. The van der Waals surface area contributed by atoms with Crippen molar-refractivity contribution in [2.45, 2.75) is 75.8 Å². The molecule has 1 fully saturated rings. The summed E-state index contributed by atoms with van der Waals surface area (Å²) in [6.45, 7) is 1.47. The highest BCUT2D eigenvalue weighted by molar-refractivity contribution is 5.67. The van der Waals surface area contributed by atoms with Crippen LogP contribution in [0.5, 0.6) is 0 Å². The molecule has 0 bridgehead atoms. The van der Waals surface area contributed by atoms with Crippen LogP contribution in [0.4, 0.5) is 0 Å². The normalized spacial score (nSPS) is 33.6. The van der Waals surface area contributed by atoms with Crippen LogP contribution in [0.15, 0.2) is 0 Å². The first-order chi connectivity index (χ1) is 10.4. The molecule has 0 saturated carbocycles. The number of hydrogen-bond acceptors (Lipinski definition) is 7. The van der Waals surface area contributed by atoms with E-state index in [9.17, 15) is 20.1 Å². The lowest BCUT2D eigenvalue weighted by molar-refractivity contribution is -0.311. The molecule has 1 saturated heterocycles. The Labute approximate surface area is 129 Å². The summed E-state index contributed by atoms with van der Waals surface area (Å²) in [7, 11) is 0. The van der Waals surface area contributed by atoms with Crippen molar-refractivity contribution >= 4 is 5.97 Å². The second kappa shape index (κ2) is 9.39. The van der Waals surface area contributed by atoms with E-state index >= 15 is 0 Å². The zero-order valence-corrected chi connectivity index (χ0v) is 12.7. The van der Waals surface area contributed by atoms with Crippen LogP contribution in [0.3, 0.4) is 0 Å². The van der Waals surface area contributed by atoms with Crippen molar-refractivity contribution < 1.29 is 39.8 Å². The topological polar surface area (TPSA) is 137 Å². The highest BCUT2D eigenvalue weighted by Gasteiger charge is 2.44. The average molecular weight is 322 g/mol. The first kappa shape index (κ1) is 19.3. The maximum atomic E-state index is 10.9. The van der Waals surface area contributed by atoms with Gasteiger partial charge in [-0.25, -0.2) is 0 Å². The lowest BCUT2D eigenvalue weighted by Crippen LogP contribution is -2.59. The molecule has 8 heteroatoms. The van der Waals surface area contributed by atoms with E-state index in [0.29, 0.717) is 6.42 Å². The molecule has 0 radical (unpaired) electrons. The molecule has 6 atom stereocenters. The van der Waals surface area contributed by atoms with Crippen LogP contribution >= 0.6 is 0 Å². The fourth-order valence-electron chi connectivity index (χ4n) is 2.40. The Morgan fingerprint density at radius 3 is 2.41 bits per heavy atom. The van der Waals surface area contributed by atoms with Crippen LogP contribution in [0.2, 0.25) is 0 Å². The molecule has 0 spiro atoms. The van der Waals surface area contributed by atoms with E-state index < -0.39 is 49.4 Å². The van der Waals surface area contributed by atoms with Crippen LogP contribution in [-0.2, 0) is 14.3 Å². The van der Waals surface area contributed by atoms with Gasteiger partial charge in [0.1, 0.15) is 24.4 Å². The smallest absolute Gasteiger partial charge is 0.305 e. The molecule has 130 valence electrons. The van der Waals surface area contributed by atoms with Crippen LogP contribution in [-0.4, -0.2) is 74.9 Å². The maximum absolute atomic E-state index is 10.9. The molecule has 1 heterocycles. The van der Waals surface area contributed by atoms with Gasteiger partial charge < -0.3 is 35.0 Å². The number of rotatable bonds is 9. The summed E-state index contributed by atoms with van der Waals surface area (Å²) >= 11 is 0. The van der Waals surface area contributed by atoms with Gasteiger partial charge in [0.2, 0.25) is 0 Å². The van der Waals surface area contributed by atoms with Crippen molar-refractivity contribution in [1.82, 2.24) is 0 Å². The third kappa shape index (κ3) is 5.45. The fraction of sp³-hybridized carbons (Fsp3) is 0.929. The van der Waals surface area contributed by atoms with Gasteiger partial charge in [-0.2, -0.15) is 0 Å². The Balaban J connectivity index is 2.66. The van der Waals surface area contributed by atoms with Crippen molar-refractivity contribution in [2.75, 3.05) is 6.61 Å². The van der Waals surface area contributed by atoms with E-state index in [0.717, 1.165) is 19.3 Å². The molecule has 0 unspecified atom stereocenters. The van der Waals surface area contributed by atoms with Gasteiger partial charge in [0, 0.05) is 0 Å². The molecule has 1 aliphatic heterocycles. The second-order valence-corrected chi connectivity index (χ2v) is 5.55. The van der Waals surface area contributed by atoms with E-state index in [-0.39, 0.29) is 6.42 Å². The Kier molecular flexibility index (Phi) is 8.23. The van der Waals surface area contributed by atoms with Gasteiger partial charge in [-0.1, -0.05) is 26.2 Å². The minimum absolute atomic E-state index is 0.251. The minimum Gasteiger partial charge on any atom is -0.481 e. The lowest BCUT2D eigenvalue weighted by atomic mass is 9.99. The fourth-order valence-corrected chi connectivity index (χ4v) is 2.40. The summed E-state index contributed by atoms with van der Waals surface area (Å²) in [4.78, 5) is 10.9. The number of unbranched alkanes of at least 4 members (excludes halogenated alkanes) is 2. The number of ether oxygens (including phenoxy) is 2. The Bertz CT molecular complexity index is 335. The molecule has 1 aliphatic rings. The Morgan fingerprint density at radius 1 is 1.18 bits per heavy atom. The molecule has 0 aromatic rings. The van der Waals surface area contributed by atoms with E-state index in [1.807, 2.05) is 6.92 Å². The quantitative estimate of drug-likeness (QED) is 0.349. The molecule has 1 rings (SSSR count). The third-order valence-electron chi connectivity index (χ3n) is 3.71. The standard InChI is InChI=1S/C14H26O8/c1-2-3-4-5-8(6-10(16)17)21-14-13(20)12(19)11(18)9(7-15)22-14/h8-9,11-15,18-20H,2-7H2,1H3,(H,16,17)/t8-,9-,11-,12+,13-,14-/m1/s1. The van der Waals surface area contributed by atoms with E-state index in [2.05, 4.69) is 0 Å². The van der Waals surface area contributed by atoms with Gasteiger partial charge in [-0.15, -0.1) is 0 Å². The summed E-state index contributed by atoms with van der Waals surface area (Å²) in [6.07, 6.45) is -4.64. The van der Waals surface area contributed by atoms with Gasteiger partial charge in [0.25, 0.3) is 0 Å². The van der Waals surface area contributed by atoms with Crippen molar-refractivity contribution in [3.05, 3.63) is 0 Å². The van der Waals surface area contributed by atoms with Gasteiger partial charge in [-0.3, -0.25) is 4.79 Å². The average Bonchev–Trinajstić information content (AvgIpc) is 2.47. The molecular weight excluding hydrogens is 296 g/mol. The Hall–Kier alpha value is -0.770. The number of aliphatic hydroxyl groups is 4. The largest absolute Gasteiger partial charge is 0.481 e.